The monoisotopic (exact) mass is 286 g/mol. The minimum Gasteiger partial charge on any atom is -0.395 e. The van der Waals surface area contributed by atoms with Crippen molar-refractivity contribution in [1.29, 1.82) is 0 Å². The lowest BCUT2D eigenvalue weighted by Crippen LogP contribution is -2.55. The topological polar surface area (TPSA) is 69.6 Å². The van der Waals surface area contributed by atoms with Gasteiger partial charge in [0.2, 0.25) is 5.91 Å². The van der Waals surface area contributed by atoms with Crippen molar-refractivity contribution in [1.82, 2.24) is 10.2 Å². The minimum absolute atomic E-state index is 0.00750. The molecule has 1 unspecified atom stereocenters. The fourth-order valence-corrected chi connectivity index (χ4v) is 2.21. The summed E-state index contributed by atoms with van der Waals surface area (Å²) in [6, 6.07) is 6.59. The summed E-state index contributed by atoms with van der Waals surface area (Å²) < 4.78 is 0. The highest BCUT2D eigenvalue weighted by molar-refractivity contribution is 5.99. The van der Waals surface area contributed by atoms with Crippen LogP contribution in [0.5, 0.6) is 0 Å². The molecule has 110 valence electrons. The van der Waals surface area contributed by atoms with E-state index in [1.54, 1.807) is 30.0 Å². The molecule has 5 nitrogen and oxygen atoms in total. The molecule has 0 radical (unpaired) electrons. The molecule has 1 fully saturated rings. The first-order valence-electron chi connectivity index (χ1n) is 6.92. The van der Waals surface area contributed by atoms with Gasteiger partial charge in [0.05, 0.1) is 12.2 Å². The summed E-state index contributed by atoms with van der Waals surface area (Å²) in [5, 5.41) is 11.5. The molecule has 2 N–H and O–H groups in total. The third-order valence-electron chi connectivity index (χ3n) is 3.38. The van der Waals surface area contributed by atoms with E-state index in [1.807, 2.05) is 6.07 Å². The van der Waals surface area contributed by atoms with Crippen LogP contribution in [0, 0.1) is 11.8 Å². The van der Waals surface area contributed by atoms with Gasteiger partial charge >= 0.3 is 0 Å². The molecule has 1 aromatic carbocycles. The fraction of sp³-hybridized carbons (Fsp3) is 0.375. The Labute approximate surface area is 124 Å². The SMILES string of the molecule is CC1C(=O)NCCN1C(=O)c1ccccc1C#CCCO. The van der Waals surface area contributed by atoms with Gasteiger partial charge in [-0.25, -0.2) is 0 Å². The summed E-state index contributed by atoms with van der Waals surface area (Å²) in [6.45, 7) is 2.66. The Balaban J connectivity index is 2.27. The van der Waals surface area contributed by atoms with Crippen molar-refractivity contribution in [3.05, 3.63) is 35.4 Å². The van der Waals surface area contributed by atoms with E-state index in [2.05, 4.69) is 17.2 Å². The second-order valence-electron chi connectivity index (χ2n) is 4.79. The Morgan fingerprint density at radius 3 is 3.00 bits per heavy atom. The second kappa shape index (κ2) is 6.91. The summed E-state index contributed by atoms with van der Waals surface area (Å²) in [4.78, 5) is 25.9. The van der Waals surface area contributed by atoms with E-state index in [4.69, 9.17) is 5.11 Å². The highest BCUT2D eigenvalue weighted by Crippen LogP contribution is 2.14. The number of hydrogen-bond acceptors (Lipinski definition) is 3. The number of piperazine rings is 1. The number of amides is 2. The summed E-state index contributed by atoms with van der Waals surface area (Å²) in [5.41, 5.74) is 1.11. The van der Waals surface area contributed by atoms with Gasteiger partial charge in [-0.3, -0.25) is 9.59 Å². The molecule has 2 rings (SSSR count). The van der Waals surface area contributed by atoms with E-state index < -0.39 is 6.04 Å². The van der Waals surface area contributed by atoms with E-state index in [-0.39, 0.29) is 18.4 Å². The van der Waals surface area contributed by atoms with Crippen LogP contribution in [0.2, 0.25) is 0 Å². The van der Waals surface area contributed by atoms with Gasteiger partial charge in [-0.2, -0.15) is 0 Å². The third kappa shape index (κ3) is 3.41. The van der Waals surface area contributed by atoms with Gasteiger partial charge in [0, 0.05) is 25.1 Å². The molecule has 1 aliphatic rings. The van der Waals surface area contributed by atoms with Gasteiger partial charge in [0.15, 0.2) is 0 Å². The van der Waals surface area contributed by atoms with Crippen LogP contribution in [0.1, 0.15) is 29.3 Å². The first-order chi connectivity index (χ1) is 10.1. The molecule has 5 heteroatoms. The van der Waals surface area contributed by atoms with Crippen molar-refractivity contribution in [3.63, 3.8) is 0 Å². The molecule has 1 aliphatic heterocycles. The third-order valence-corrected chi connectivity index (χ3v) is 3.38. The van der Waals surface area contributed by atoms with Crippen molar-refractivity contribution >= 4 is 11.8 Å². The average Bonchev–Trinajstić information content (AvgIpc) is 2.50. The number of carbonyl (C=O) groups is 2. The molecule has 1 aromatic rings. The first kappa shape index (κ1) is 15.1. The van der Waals surface area contributed by atoms with Crippen LogP contribution in [-0.2, 0) is 4.79 Å². The number of aliphatic hydroxyl groups excluding tert-OH is 1. The molecule has 0 spiro atoms. The Bertz CT molecular complexity index is 601. The zero-order valence-electron chi connectivity index (χ0n) is 11.9. The zero-order chi connectivity index (χ0) is 15.2. The van der Waals surface area contributed by atoms with E-state index in [1.165, 1.54) is 0 Å². The van der Waals surface area contributed by atoms with Crippen LogP contribution >= 0.6 is 0 Å². The van der Waals surface area contributed by atoms with Crippen LogP contribution in [-0.4, -0.2) is 47.6 Å². The van der Waals surface area contributed by atoms with E-state index in [0.29, 0.717) is 30.6 Å². The largest absolute Gasteiger partial charge is 0.395 e. The fourth-order valence-electron chi connectivity index (χ4n) is 2.21. The van der Waals surface area contributed by atoms with Crippen molar-refractivity contribution < 1.29 is 14.7 Å². The van der Waals surface area contributed by atoms with Crippen LogP contribution in [0.25, 0.3) is 0 Å². The normalized spacial score (nSPS) is 17.7. The van der Waals surface area contributed by atoms with Gasteiger partial charge in [0.1, 0.15) is 6.04 Å². The lowest BCUT2D eigenvalue weighted by molar-refractivity contribution is -0.127. The maximum absolute atomic E-state index is 12.6. The molecule has 0 aliphatic carbocycles. The smallest absolute Gasteiger partial charge is 0.255 e. The summed E-state index contributed by atoms with van der Waals surface area (Å²) in [7, 11) is 0. The van der Waals surface area contributed by atoms with Gasteiger partial charge in [-0.05, 0) is 19.1 Å². The maximum Gasteiger partial charge on any atom is 0.255 e. The molecular formula is C16H18N2O3. The predicted octanol–water partition coefficient (Wildman–Crippen LogP) is 0.381. The second-order valence-corrected chi connectivity index (χ2v) is 4.79. The van der Waals surface area contributed by atoms with Gasteiger partial charge in [-0.15, -0.1) is 0 Å². The molecular weight excluding hydrogens is 268 g/mol. The molecule has 0 saturated carbocycles. The minimum atomic E-state index is -0.482. The molecule has 1 heterocycles. The standard InChI is InChI=1S/C16H18N2O3/c1-12-15(20)17-9-10-18(12)16(21)14-8-3-2-6-13(14)7-4-5-11-19/h2-3,6,8,12,19H,5,9-11H2,1H3,(H,17,20). The summed E-state index contributed by atoms with van der Waals surface area (Å²) >= 11 is 0. The van der Waals surface area contributed by atoms with Crippen LogP contribution in [0.3, 0.4) is 0 Å². The lowest BCUT2D eigenvalue weighted by Gasteiger charge is -2.33. The Morgan fingerprint density at radius 2 is 2.24 bits per heavy atom. The van der Waals surface area contributed by atoms with Gasteiger partial charge in [0.25, 0.3) is 5.91 Å². The van der Waals surface area contributed by atoms with Crippen LogP contribution in [0.15, 0.2) is 24.3 Å². The van der Waals surface area contributed by atoms with E-state index in [0.717, 1.165) is 0 Å². The molecule has 21 heavy (non-hydrogen) atoms. The Hall–Kier alpha value is -2.32. The summed E-state index contributed by atoms with van der Waals surface area (Å²) in [6.07, 6.45) is 0.366. The van der Waals surface area contributed by atoms with Gasteiger partial charge < -0.3 is 15.3 Å². The van der Waals surface area contributed by atoms with E-state index in [9.17, 15) is 9.59 Å². The number of nitrogens with zero attached hydrogens (tertiary/aromatic N) is 1. The Morgan fingerprint density at radius 1 is 1.48 bits per heavy atom. The van der Waals surface area contributed by atoms with Crippen LogP contribution < -0.4 is 5.32 Å². The van der Waals surface area contributed by atoms with E-state index >= 15 is 0 Å². The van der Waals surface area contributed by atoms with Crippen molar-refractivity contribution in [2.75, 3.05) is 19.7 Å². The van der Waals surface area contributed by atoms with Gasteiger partial charge in [-0.1, -0.05) is 24.0 Å². The first-order valence-corrected chi connectivity index (χ1v) is 6.92. The maximum atomic E-state index is 12.6. The number of carbonyl (C=O) groups excluding carboxylic acids is 2. The molecule has 1 saturated heterocycles. The number of hydrogen-bond donors (Lipinski definition) is 2. The lowest BCUT2D eigenvalue weighted by atomic mass is 10.0. The predicted molar refractivity (Wildman–Crippen MR) is 78.5 cm³/mol. The molecule has 2 amide bonds. The number of aliphatic hydroxyl groups is 1. The zero-order valence-corrected chi connectivity index (χ0v) is 11.9. The molecule has 0 bridgehead atoms. The Kier molecular flexibility index (Phi) is 4.96. The number of benzene rings is 1. The number of rotatable bonds is 2. The molecule has 0 aromatic heterocycles. The highest BCUT2D eigenvalue weighted by atomic mass is 16.2. The van der Waals surface area contributed by atoms with Crippen molar-refractivity contribution in [2.24, 2.45) is 0 Å². The highest BCUT2D eigenvalue weighted by Gasteiger charge is 2.30. The molecule has 1 atom stereocenters. The van der Waals surface area contributed by atoms with Crippen molar-refractivity contribution in [3.8, 4) is 11.8 Å². The number of nitrogens with one attached hydrogen (secondary N) is 1. The van der Waals surface area contributed by atoms with Crippen molar-refractivity contribution in [2.45, 2.75) is 19.4 Å². The summed E-state index contributed by atoms with van der Waals surface area (Å²) in [5.74, 6) is 5.39. The average molecular weight is 286 g/mol. The van der Waals surface area contributed by atoms with Crippen LogP contribution in [0.4, 0.5) is 0 Å². The quantitative estimate of drug-likeness (QED) is 0.772.